The first-order valence-electron chi connectivity index (χ1n) is 10.4. The van der Waals surface area contributed by atoms with Crippen LogP contribution in [0.1, 0.15) is 49.3 Å². The van der Waals surface area contributed by atoms with Crippen LogP contribution in [0.15, 0.2) is 48.5 Å². The molecule has 5 nitrogen and oxygen atoms in total. The Bertz CT molecular complexity index is 819. The van der Waals surface area contributed by atoms with Gasteiger partial charge in [-0.2, -0.15) is 0 Å². The molecule has 1 aliphatic heterocycles. The van der Waals surface area contributed by atoms with Gasteiger partial charge in [0.1, 0.15) is 5.75 Å². The Labute approximate surface area is 173 Å². The second kappa shape index (κ2) is 9.42. The van der Waals surface area contributed by atoms with E-state index in [1.54, 1.807) is 12.0 Å². The van der Waals surface area contributed by atoms with Crippen LogP contribution < -0.4 is 10.1 Å². The van der Waals surface area contributed by atoms with Crippen molar-refractivity contribution < 1.29 is 14.6 Å². The molecule has 29 heavy (non-hydrogen) atoms. The van der Waals surface area contributed by atoms with E-state index in [1.165, 1.54) is 5.56 Å². The third-order valence-electron chi connectivity index (χ3n) is 5.65. The molecule has 2 aromatic rings. The third-order valence-corrected chi connectivity index (χ3v) is 5.65. The summed E-state index contributed by atoms with van der Waals surface area (Å²) in [6, 6.07) is 16.2. The van der Waals surface area contributed by atoms with Crippen LogP contribution in [0.3, 0.4) is 0 Å². The van der Waals surface area contributed by atoms with Gasteiger partial charge in [0, 0.05) is 31.7 Å². The Kier molecular flexibility index (Phi) is 6.93. The molecule has 0 radical (unpaired) electrons. The second-order valence-electron chi connectivity index (χ2n) is 8.17. The number of piperidine rings is 1. The fraction of sp³-hybridized carbons (Fsp3) is 0.458. The largest absolute Gasteiger partial charge is 0.496 e. The number of nitrogens with one attached hydrogen (secondary N) is 1. The Morgan fingerprint density at radius 2 is 1.90 bits per heavy atom. The summed E-state index contributed by atoms with van der Waals surface area (Å²) in [5.41, 5.74) is 2.02. The standard InChI is InChI=1S/C24H32N2O3/c1-18(2)20-11-9-19(10-12-20)16-26-14-6-13-24(28,23(26)27)17-25-15-21-7-4-5-8-22(21)29-3/h4-5,7-12,18,25,28H,6,13-17H2,1-3H3. The van der Waals surface area contributed by atoms with Gasteiger partial charge in [-0.1, -0.05) is 56.3 Å². The van der Waals surface area contributed by atoms with E-state index in [9.17, 15) is 9.90 Å². The molecule has 1 fully saturated rings. The van der Waals surface area contributed by atoms with Gasteiger partial charge in [-0.3, -0.25) is 4.79 Å². The number of hydrogen-bond donors (Lipinski definition) is 2. The van der Waals surface area contributed by atoms with Crippen molar-refractivity contribution in [3.05, 3.63) is 65.2 Å². The molecule has 0 bridgehead atoms. The maximum absolute atomic E-state index is 13.0. The van der Waals surface area contributed by atoms with Crippen LogP contribution >= 0.6 is 0 Å². The van der Waals surface area contributed by atoms with Crippen LogP contribution in [-0.4, -0.2) is 41.7 Å². The Morgan fingerprint density at radius 1 is 1.17 bits per heavy atom. The minimum absolute atomic E-state index is 0.191. The van der Waals surface area contributed by atoms with E-state index in [0.29, 0.717) is 32.0 Å². The number of benzene rings is 2. The molecule has 0 saturated carbocycles. The molecule has 1 atom stereocenters. The summed E-state index contributed by atoms with van der Waals surface area (Å²) in [5.74, 6) is 1.10. The summed E-state index contributed by atoms with van der Waals surface area (Å²) in [6.45, 7) is 6.32. The molecule has 2 aromatic carbocycles. The van der Waals surface area contributed by atoms with E-state index >= 15 is 0 Å². The SMILES string of the molecule is COc1ccccc1CNCC1(O)CCCN(Cc2ccc(C(C)C)cc2)C1=O. The lowest BCUT2D eigenvalue weighted by atomic mass is 9.91. The Balaban J connectivity index is 1.60. The van der Waals surface area contributed by atoms with Crippen LogP contribution in [0.5, 0.6) is 5.75 Å². The number of aliphatic hydroxyl groups is 1. The first-order chi connectivity index (χ1) is 13.9. The van der Waals surface area contributed by atoms with Crippen molar-refractivity contribution in [2.75, 3.05) is 20.2 Å². The zero-order valence-corrected chi connectivity index (χ0v) is 17.6. The fourth-order valence-corrected chi connectivity index (χ4v) is 3.86. The number of rotatable bonds is 8. The van der Waals surface area contributed by atoms with Gasteiger partial charge in [-0.15, -0.1) is 0 Å². The summed E-state index contributed by atoms with van der Waals surface area (Å²) >= 11 is 0. The Morgan fingerprint density at radius 3 is 2.59 bits per heavy atom. The lowest BCUT2D eigenvalue weighted by Gasteiger charge is -2.38. The van der Waals surface area contributed by atoms with Gasteiger partial charge in [0.25, 0.3) is 5.91 Å². The number of hydrogen-bond acceptors (Lipinski definition) is 4. The van der Waals surface area contributed by atoms with Crippen molar-refractivity contribution in [2.45, 2.75) is 51.3 Å². The smallest absolute Gasteiger partial charge is 0.256 e. The predicted molar refractivity (Wildman–Crippen MR) is 115 cm³/mol. The Hall–Kier alpha value is -2.37. The lowest BCUT2D eigenvalue weighted by molar-refractivity contribution is -0.157. The second-order valence-corrected chi connectivity index (χ2v) is 8.17. The maximum atomic E-state index is 13.0. The maximum Gasteiger partial charge on any atom is 0.256 e. The highest BCUT2D eigenvalue weighted by molar-refractivity contribution is 5.86. The topological polar surface area (TPSA) is 61.8 Å². The van der Waals surface area contributed by atoms with Gasteiger partial charge in [0.15, 0.2) is 5.60 Å². The van der Waals surface area contributed by atoms with Crippen LogP contribution in [0.2, 0.25) is 0 Å². The van der Waals surface area contributed by atoms with Gasteiger partial charge in [0.2, 0.25) is 0 Å². The molecule has 1 saturated heterocycles. The van der Waals surface area contributed by atoms with E-state index in [1.807, 2.05) is 24.3 Å². The van der Waals surface area contributed by atoms with Gasteiger partial charge < -0.3 is 20.1 Å². The number of para-hydroxylation sites is 1. The molecule has 2 N–H and O–H groups in total. The van der Waals surface area contributed by atoms with Crippen molar-refractivity contribution in [3.63, 3.8) is 0 Å². The average Bonchev–Trinajstić information content (AvgIpc) is 2.72. The first kappa shape index (κ1) is 21.3. The number of carbonyl (C=O) groups excluding carboxylic acids is 1. The summed E-state index contributed by atoms with van der Waals surface area (Å²) in [4.78, 5) is 14.8. The van der Waals surface area contributed by atoms with E-state index in [2.05, 4.69) is 43.4 Å². The summed E-state index contributed by atoms with van der Waals surface area (Å²) in [7, 11) is 1.64. The van der Waals surface area contributed by atoms with Crippen molar-refractivity contribution >= 4 is 5.91 Å². The molecular formula is C24H32N2O3. The zero-order valence-electron chi connectivity index (χ0n) is 17.6. The number of amides is 1. The van der Waals surface area contributed by atoms with Crippen molar-refractivity contribution in [2.24, 2.45) is 0 Å². The highest BCUT2D eigenvalue weighted by atomic mass is 16.5. The quantitative estimate of drug-likeness (QED) is 0.717. The fourth-order valence-electron chi connectivity index (χ4n) is 3.86. The molecule has 0 spiro atoms. The highest BCUT2D eigenvalue weighted by Crippen LogP contribution is 2.25. The minimum Gasteiger partial charge on any atom is -0.496 e. The molecule has 5 heteroatoms. The lowest BCUT2D eigenvalue weighted by Crippen LogP contribution is -2.57. The number of carbonyl (C=O) groups is 1. The molecule has 0 aliphatic carbocycles. The molecule has 1 unspecified atom stereocenters. The highest BCUT2D eigenvalue weighted by Gasteiger charge is 2.41. The van der Waals surface area contributed by atoms with Crippen molar-refractivity contribution in [1.82, 2.24) is 10.2 Å². The molecule has 156 valence electrons. The number of methoxy groups -OCH3 is 1. The van der Waals surface area contributed by atoms with Gasteiger partial charge in [-0.05, 0) is 36.0 Å². The first-order valence-corrected chi connectivity index (χ1v) is 10.4. The summed E-state index contributed by atoms with van der Waals surface area (Å²) in [5, 5.41) is 14.3. The molecular weight excluding hydrogens is 364 g/mol. The minimum atomic E-state index is -1.36. The normalized spacial score (nSPS) is 19.6. The van der Waals surface area contributed by atoms with Gasteiger partial charge >= 0.3 is 0 Å². The van der Waals surface area contributed by atoms with Crippen LogP contribution in [0.4, 0.5) is 0 Å². The number of nitrogens with zero attached hydrogens (tertiary/aromatic N) is 1. The summed E-state index contributed by atoms with van der Waals surface area (Å²) < 4.78 is 5.36. The van der Waals surface area contributed by atoms with Crippen LogP contribution in [-0.2, 0) is 17.9 Å². The van der Waals surface area contributed by atoms with Gasteiger partial charge in [0.05, 0.1) is 7.11 Å². The molecule has 1 amide bonds. The molecule has 0 aromatic heterocycles. The number of likely N-dealkylation sites (tertiary alicyclic amines) is 1. The predicted octanol–water partition coefficient (Wildman–Crippen LogP) is 3.46. The average molecular weight is 397 g/mol. The number of ether oxygens (including phenoxy) is 1. The monoisotopic (exact) mass is 396 g/mol. The molecule has 1 aliphatic rings. The van der Waals surface area contributed by atoms with Crippen molar-refractivity contribution in [1.29, 1.82) is 0 Å². The van der Waals surface area contributed by atoms with Crippen LogP contribution in [0.25, 0.3) is 0 Å². The summed E-state index contributed by atoms with van der Waals surface area (Å²) in [6.07, 6.45) is 1.27. The van der Waals surface area contributed by atoms with E-state index in [4.69, 9.17) is 4.74 Å². The van der Waals surface area contributed by atoms with E-state index in [0.717, 1.165) is 23.3 Å². The molecule has 1 heterocycles. The van der Waals surface area contributed by atoms with Crippen LogP contribution in [0, 0.1) is 0 Å². The van der Waals surface area contributed by atoms with Crippen molar-refractivity contribution in [3.8, 4) is 5.75 Å². The third kappa shape index (κ3) is 5.17. The van der Waals surface area contributed by atoms with E-state index < -0.39 is 5.60 Å². The zero-order chi connectivity index (χ0) is 20.9. The van der Waals surface area contributed by atoms with E-state index in [-0.39, 0.29) is 12.5 Å². The molecule has 3 rings (SSSR count). The van der Waals surface area contributed by atoms with Gasteiger partial charge in [-0.25, -0.2) is 0 Å².